The summed E-state index contributed by atoms with van der Waals surface area (Å²) in [5.41, 5.74) is 2.98. The van der Waals surface area contributed by atoms with Gasteiger partial charge in [0, 0.05) is 17.5 Å². The molecule has 2 nitrogen and oxygen atoms in total. The molecule has 0 aromatic heterocycles. The first-order valence-corrected chi connectivity index (χ1v) is 6.43. The summed E-state index contributed by atoms with van der Waals surface area (Å²) in [6, 6.07) is 10.0. The summed E-state index contributed by atoms with van der Waals surface area (Å²) in [5, 5.41) is 12.1. The lowest BCUT2D eigenvalue weighted by Crippen LogP contribution is -2.45. The van der Waals surface area contributed by atoms with Crippen molar-refractivity contribution in [3.8, 4) is 5.75 Å². The molecule has 1 aliphatic heterocycles. The van der Waals surface area contributed by atoms with E-state index in [9.17, 15) is 5.11 Å². The molecular weight excluding hydrogens is 222 g/mol. The second kappa shape index (κ2) is 3.72. The highest BCUT2D eigenvalue weighted by Gasteiger charge is 2.30. The van der Waals surface area contributed by atoms with Gasteiger partial charge in [-0.2, -0.15) is 0 Å². The van der Waals surface area contributed by atoms with Gasteiger partial charge in [-0.15, -0.1) is 0 Å². The zero-order valence-electron chi connectivity index (χ0n) is 11.2. The molecule has 0 spiro atoms. The number of hydrogen-bond acceptors (Lipinski definition) is 2. The molecule has 0 aliphatic carbocycles. The lowest BCUT2D eigenvalue weighted by atomic mass is 9.84. The Balaban J connectivity index is 2.25. The molecule has 18 heavy (non-hydrogen) atoms. The third-order valence-corrected chi connectivity index (χ3v) is 4.30. The Morgan fingerprint density at radius 2 is 1.89 bits per heavy atom. The number of rotatable bonds is 0. The van der Waals surface area contributed by atoms with Crippen molar-refractivity contribution in [3.05, 3.63) is 41.5 Å². The van der Waals surface area contributed by atoms with Crippen LogP contribution >= 0.6 is 0 Å². The van der Waals surface area contributed by atoms with E-state index < -0.39 is 0 Å². The summed E-state index contributed by atoms with van der Waals surface area (Å²) in [4.78, 5) is 2.39. The van der Waals surface area contributed by atoms with Crippen LogP contribution in [0.3, 0.4) is 0 Å². The molecule has 0 fully saturated rings. The summed E-state index contributed by atoms with van der Waals surface area (Å²) in [6.45, 7) is 5.51. The van der Waals surface area contributed by atoms with Crippen LogP contribution in [0, 0.1) is 0 Å². The Morgan fingerprint density at radius 1 is 1.11 bits per heavy atom. The number of fused-ring (bicyclic) bond motifs is 3. The van der Waals surface area contributed by atoms with Crippen LogP contribution in [-0.2, 0) is 13.0 Å². The molecule has 0 amide bonds. The zero-order valence-corrected chi connectivity index (χ0v) is 11.2. The molecule has 0 atom stereocenters. The minimum absolute atomic E-state index is 0.206. The third kappa shape index (κ3) is 1.60. The summed E-state index contributed by atoms with van der Waals surface area (Å²) >= 11 is 0. The van der Waals surface area contributed by atoms with Gasteiger partial charge >= 0.3 is 0 Å². The molecular formula is C16H19NO. The number of phenolic OH excluding ortho intramolecular Hbond substituents is 1. The molecule has 2 aromatic carbocycles. The molecule has 0 bridgehead atoms. The van der Waals surface area contributed by atoms with E-state index in [2.05, 4.69) is 37.9 Å². The van der Waals surface area contributed by atoms with Gasteiger partial charge in [0.2, 0.25) is 0 Å². The minimum Gasteiger partial charge on any atom is -0.507 e. The summed E-state index contributed by atoms with van der Waals surface area (Å²) in [7, 11) is 2.17. The van der Waals surface area contributed by atoms with Crippen LogP contribution in [0.25, 0.3) is 10.8 Å². The third-order valence-electron chi connectivity index (χ3n) is 4.30. The minimum atomic E-state index is 0.206. The Labute approximate surface area is 108 Å². The van der Waals surface area contributed by atoms with Crippen LogP contribution in [0.15, 0.2) is 30.3 Å². The van der Waals surface area contributed by atoms with Crippen LogP contribution in [0.5, 0.6) is 5.75 Å². The maximum atomic E-state index is 9.93. The van der Waals surface area contributed by atoms with Crippen molar-refractivity contribution in [1.29, 1.82) is 0 Å². The topological polar surface area (TPSA) is 23.5 Å². The van der Waals surface area contributed by atoms with Gasteiger partial charge < -0.3 is 5.11 Å². The van der Waals surface area contributed by atoms with Gasteiger partial charge in [0.25, 0.3) is 0 Å². The molecule has 2 heteroatoms. The number of aromatic hydroxyl groups is 1. The Hall–Kier alpha value is -1.54. The highest BCUT2D eigenvalue weighted by molar-refractivity contribution is 5.91. The molecule has 0 saturated heterocycles. The largest absolute Gasteiger partial charge is 0.507 e. The van der Waals surface area contributed by atoms with E-state index >= 15 is 0 Å². The molecule has 2 aromatic rings. The van der Waals surface area contributed by atoms with Crippen molar-refractivity contribution in [2.24, 2.45) is 0 Å². The van der Waals surface area contributed by atoms with Gasteiger partial charge in [-0.05, 0) is 49.9 Å². The number of nitrogens with zero attached hydrogens (tertiary/aromatic N) is 1. The molecule has 94 valence electrons. The number of benzene rings is 2. The molecule has 1 N–H and O–H groups in total. The molecule has 0 radical (unpaired) electrons. The van der Waals surface area contributed by atoms with Crippen molar-refractivity contribution >= 4 is 10.8 Å². The molecule has 0 saturated carbocycles. The second-order valence-corrected chi connectivity index (χ2v) is 5.92. The fraction of sp³-hybridized carbons (Fsp3) is 0.375. The van der Waals surface area contributed by atoms with Gasteiger partial charge in [0.1, 0.15) is 5.75 Å². The monoisotopic (exact) mass is 241 g/mol. The predicted molar refractivity (Wildman–Crippen MR) is 74.9 cm³/mol. The van der Waals surface area contributed by atoms with Crippen LogP contribution < -0.4 is 0 Å². The van der Waals surface area contributed by atoms with E-state index in [1.54, 1.807) is 6.07 Å². The molecule has 1 aliphatic rings. The fourth-order valence-corrected chi connectivity index (χ4v) is 2.85. The fourth-order valence-electron chi connectivity index (χ4n) is 2.85. The first-order chi connectivity index (χ1) is 8.49. The van der Waals surface area contributed by atoms with Crippen LogP contribution in [0.4, 0.5) is 0 Å². The lowest BCUT2D eigenvalue weighted by Gasteiger charge is -2.41. The van der Waals surface area contributed by atoms with Gasteiger partial charge in [0.05, 0.1) is 0 Å². The van der Waals surface area contributed by atoms with Gasteiger partial charge in [-0.25, -0.2) is 0 Å². The Kier molecular flexibility index (Phi) is 2.39. The second-order valence-electron chi connectivity index (χ2n) is 5.92. The predicted octanol–water partition coefficient (Wildman–Crippen LogP) is 3.31. The number of phenols is 1. The van der Waals surface area contributed by atoms with Gasteiger partial charge in [-0.1, -0.05) is 24.3 Å². The first kappa shape index (κ1) is 11.5. The lowest BCUT2D eigenvalue weighted by molar-refractivity contribution is 0.134. The van der Waals surface area contributed by atoms with E-state index in [4.69, 9.17) is 0 Å². The van der Waals surface area contributed by atoms with Gasteiger partial charge in [-0.3, -0.25) is 4.90 Å². The van der Waals surface area contributed by atoms with Crippen molar-refractivity contribution in [1.82, 2.24) is 4.90 Å². The van der Waals surface area contributed by atoms with Gasteiger partial charge in [0.15, 0.2) is 0 Å². The quantitative estimate of drug-likeness (QED) is 0.765. The number of likely N-dealkylation sites (N-methyl/N-ethyl adjacent to an activating group) is 1. The van der Waals surface area contributed by atoms with E-state index in [1.807, 2.05) is 12.1 Å². The first-order valence-electron chi connectivity index (χ1n) is 6.43. The maximum Gasteiger partial charge on any atom is 0.123 e. The molecule has 0 unspecified atom stereocenters. The van der Waals surface area contributed by atoms with Crippen LogP contribution in [0.1, 0.15) is 25.0 Å². The maximum absolute atomic E-state index is 9.93. The summed E-state index contributed by atoms with van der Waals surface area (Å²) in [5.74, 6) is 0.378. The Morgan fingerprint density at radius 3 is 2.67 bits per heavy atom. The van der Waals surface area contributed by atoms with E-state index in [-0.39, 0.29) is 5.54 Å². The highest BCUT2D eigenvalue weighted by Crippen LogP contribution is 2.36. The zero-order chi connectivity index (χ0) is 12.9. The number of hydrogen-bond donors (Lipinski definition) is 1. The Bertz CT molecular complexity index is 616. The average Bonchev–Trinajstić information content (AvgIpc) is 2.31. The molecule has 1 heterocycles. The van der Waals surface area contributed by atoms with E-state index in [0.29, 0.717) is 5.75 Å². The van der Waals surface area contributed by atoms with Crippen molar-refractivity contribution < 1.29 is 5.11 Å². The van der Waals surface area contributed by atoms with E-state index in [0.717, 1.165) is 18.4 Å². The molecule has 3 rings (SSSR count). The smallest absolute Gasteiger partial charge is 0.123 e. The summed E-state index contributed by atoms with van der Waals surface area (Å²) < 4.78 is 0. The van der Waals surface area contributed by atoms with Crippen LogP contribution in [-0.4, -0.2) is 22.6 Å². The van der Waals surface area contributed by atoms with Crippen molar-refractivity contribution in [3.63, 3.8) is 0 Å². The normalized spacial score (nSPS) is 18.8. The average molecular weight is 241 g/mol. The highest BCUT2D eigenvalue weighted by atomic mass is 16.3. The SMILES string of the molecule is CN1Cc2c(ccc3c(O)cccc23)CC1(C)C. The standard InChI is InChI=1S/C16H19NO/c1-16(2)9-11-7-8-13-12(5-4-6-15(13)18)14(11)10-17(16)3/h4-8,18H,9-10H2,1-3H3. The van der Waals surface area contributed by atoms with Crippen molar-refractivity contribution in [2.45, 2.75) is 32.4 Å². The van der Waals surface area contributed by atoms with Crippen LogP contribution in [0.2, 0.25) is 0 Å². The summed E-state index contributed by atoms with van der Waals surface area (Å²) in [6.07, 6.45) is 1.06. The van der Waals surface area contributed by atoms with E-state index in [1.165, 1.54) is 16.5 Å². The van der Waals surface area contributed by atoms with Crippen molar-refractivity contribution in [2.75, 3.05) is 7.05 Å².